The summed E-state index contributed by atoms with van der Waals surface area (Å²) < 4.78 is 2.80. The van der Waals surface area contributed by atoms with E-state index < -0.39 is 0 Å². The van der Waals surface area contributed by atoms with Crippen molar-refractivity contribution >= 4 is 11.5 Å². The van der Waals surface area contributed by atoms with Crippen LogP contribution in [0.2, 0.25) is 0 Å². The maximum Gasteiger partial charge on any atom is 0.332 e. The Balaban J connectivity index is 2.21. The number of nitrogens with zero attached hydrogens (tertiary/aromatic N) is 4. The van der Waals surface area contributed by atoms with Crippen LogP contribution in [0.4, 0.5) is 11.5 Å². The number of rotatable bonds is 1. The van der Waals surface area contributed by atoms with Crippen molar-refractivity contribution in [3.05, 3.63) is 20.8 Å². The number of hydrogen-bond acceptors (Lipinski definition) is 4. The van der Waals surface area contributed by atoms with Gasteiger partial charge in [-0.3, -0.25) is 13.9 Å². The van der Waals surface area contributed by atoms with Crippen LogP contribution in [0.3, 0.4) is 0 Å². The zero-order valence-electron chi connectivity index (χ0n) is 11.7. The highest BCUT2D eigenvalue weighted by atomic mass is 16.2. The molecule has 0 radical (unpaired) electrons. The number of aromatic nitrogens is 2. The fraction of sp³-hybridized carbons (Fsp3) is 0.692. The lowest BCUT2D eigenvalue weighted by Crippen LogP contribution is -2.40. The van der Waals surface area contributed by atoms with Crippen LogP contribution in [-0.2, 0) is 14.1 Å². The highest BCUT2D eigenvalue weighted by Crippen LogP contribution is 2.36. The molecule has 0 bridgehead atoms. The van der Waals surface area contributed by atoms with Crippen molar-refractivity contribution in [2.24, 2.45) is 14.1 Å². The number of hydrogen-bond donors (Lipinski definition) is 0. The molecule has 0 atom stereocenters. The summed E-state index contributed by atoms with van der Waals surface area (Å²) >= 11 is 0. The van der Waals surface area contributed by atoms with E-state index in [0.717, 1.165) is 18.7 Å². The summed E-state index contributed by atoms with van der Waals surface area (Å²) in [6, 6.07) is 0.460. The van der Waals surface area contributed by atoms with Crippen molar-refractivity contribution < 1.29 is 0 Å². The van der Waals surface area contributed by atoms with E-state index in [2.05, 4.69) is 4.90 Å². The normalized spacial score (nSPS) is 19.3. The van der Waals surface area contributed by atoms with Crippen LogP contribution >= 0.6 is 0 Å². The second-order valence-electron chi connectivity index (χ2n) is 5.63. The highest BCUT2D eigenvalue weighted by Gasteiger charge is 2.35. The average Bonchev–Trinajstić information content (AvgIpc) is 3.00. The molecule has 104 valence electrons. The zero-order chi connectivity index (χ0) is 13.7. The van der Waals surface area contributed by atoms with Gasteiger partial charge < -0.3 is 9.80 Å². The van der Waals surface area contributed by atoms with Crippen molar-refractivity contribution in [1.82, 2.24) is 9.13 Å². The molecule has 1 aromatic heterocycles. The van der Waals surface area contributed by atoms with Crippen molar-refractivity contribution in [3.8, 4) is 0 Å². The Morgan fingerprint density at radius 2 is 1.63 bits per heavy atom. The van der Waals surface area contributed by atoms with Crippen LogP contribution in [0.15, 0.2) is 9.59 Å². The lowest BCUT2D eigenvalue weighted by molar-refractivity contribution is 0.597. The minimum absolute atomic E-state index is 0.193. The average molecular weight is 264 g/mol. The van der Waals surface area contributed by atoms with E-state index in [4.69, 9.17) is 0 Å². The molecule has 0 N–H and O–H groups in total. The van der Waals surface area contributed by atoms with E-state index in [1.165, 1.54) is 24.5 Å². The van der Waals surface area contributed by atoms with Crippen LogP contribution in [-0.4, -0.2) is 28.9 Å². The lowest BCUT2D eigenvalue weighted by atomic mass is 10.2. The van der Waals surface area contributed by atoms with Gasteiger partial charge >= 0.3 is 5.69 Å². The summed E-state index contributed by atoms with van der Waals surface area (Å²) in [6.45, 7) is 0.701. The maximum absolute atomic E-state index is 12.3. The van der Waals surface area contributed by atoms with Crippen LogP contribution < -0.4 is 21.0 Å². The Kier molecular flexibility index (Phi) is 2.69. The molecule has 1 aliphatic carbocycles. The zero-order valence-corrected chi connectivity index (χ0v) is 11.7. The molecular weight excluding hydrogens is 244 g/mol. The molecule has 1 aromatic rings. The van der Waals surface area contributed by atoms with Crippen molar-refractivity contribution in [3.63, 3.8) is 0 Å². The molecule has 0 aromatic carbocycles. The third kappa shape index (κ3) is 1.62. The quantitative estimate of drug-likeness (QED) is 0.729. The van der Waals surface area contributed by atoms with Gasteiger partial charge in [-0.2, -0.15) is 0 Å². The fourth-order valence-corrected chi connectivity index (χ4v) is 3.35. The summed E-state index contributed by atoms with van der Waals surface area (Å²) in [4.78, 5) is 28.6. The molecule has 0 spiro atoms. The van der Waals surface area contributed by atoms with E-state index in [1.54, 1.807) is 11.6 Å². The van der Waals surface area contributed by atoms with Gasteiger partial charge in [-0.1, -0.05) is 12.8 Å². The summed E-state index contributed by atoms with van der Waals surface area (Å²) in [7, 11) is 5.21. The van der Waals surface area contributed by atoms with Crippen molar-refractivity contribution in [2.45, 2.75) is 31.7 Å². The Hall–Kier alpha value is -1.72. The smallest absolute Gasteiger partial charge is 0.332 e. The predicted molar refractivity (Wildman–Crippen MR) is 74.9 cm³/mol. The van der Waals surface area contributed by atoms with Gasteiger partial charge in [-0.15, -0.1) is 0 Å². The minimum atomic E-state index is -0.248. The van der Waals surface area contributed by atoms with Gasteiger partial charge in [0, 0.05) is 27.2 Å². The van der Waals surface area contributed by atoms with Gasteiger partial charge in [-0.25, -0.2) is 4.79 Å². The summed E-state index contributed by atoms with van der Waals surface area (Å²) in [6.07, 6.45) is 4.77. The highest BCUT2D eigenvalue weighted by molar-refractivity contribution is 5.72. The van der Waals surface area contributed by atoms with E-state index in [9.17, 15) is 9.59 Å². The van der Waals surface area contributed by atoms with Crippen LogP contribution in [0.5, 0.6) is 0 Å². The van der Waals surface area contributed by atoms with Crippen LogP contribution in [0.25, 0.3) is 0 Å². The van der Waals surface area contributed by atoms with Gasteiger partial charge in [0.25, 0.3) is 5.56 Å². The Bertz CT molecular complexity index is 625. The first-order valence-electron chi connectivity index (χ1n) is 6.80. The predicted octanol–water partition coefficient (Wildman–Crippen LogP) is 0.240. The molecule has 6 heteroatoms. The third-order valence-corrected chi connectivity index (χ3v) is 4.39. The summed E-state index contributed by atoms with van der Waals surface area (Å²) in [5, 5.41) is 0. The summed E-state index contributed by atoms with van der Waals surface area (Å²) in [5.41, 5.74) is 0.208. The molecule has 6 nitrogen and oxygen atoms in total. The SMILES string of the molecule is CN1CN(C2CCCC2)c2c1c(=O)n(C)c(=O)n2C. The molecule has 0 amide bonds. The number of fused-ring (bicyclic) bond motifs is 1. The molecule has 19 heavy (non-hydrogen) atoms. The van der Waals surface area contributed by atoms with Gasteiger partial charge in [0.05, 0.1) is 6.67 Å². The molecule has 1 fully saturated rings. The molecule has 2 heterocycles. The van der Waals surface area contributed by atoms with Crippen LogP contribution in [0.1, 0.15) is 25.7 Å². The first kappa shape index (κ1) is 12.3. The standard InChI is InChI=1S/C13H20N4O2/c1-14-8-17(9-6-4-5-7-9)11-10(14)12(18)16(3)13(19)15(11)2/h9H,4-8H2,1-3H3. The molecule has 0 unspecified atom stereocenters. The van der Waals surface area contributed by atoms with Gasteiger partial charge in [-0.05, 0) is 12.8 Å². The van der Waals surface area contributed by atoms with E-state index in [0.29, 0.717) is 18.4 Å². The van der Waals surface area contributed by atoms with Crippen molar-refractivity contribution in [1.29, 1.82) is 0 Å². The fourth-order valence-electron chi connectivity index (χ4n) is 3.35. The monoisotopic (exact) mass is 264 g/mol. The third-order valence-electron chi connectivity index (χ3n) is 4.39. The van der Waals surface area contributed by atoms with E-state index >= 15 is 0 Å². The van der Waals surface area contributed by atoms with E-state index in [1.807, 2.05) is 11.9 Å². The van der Waals surface area contributed by atoms with E-state index in [-0.39, 0.29) is 11.2 Å². The number of anilines is 2. The topological polar surface area (TPSA) is 50.5 Å². The molecule has 2 aliphatic rings. The molecule has 3 rings (SSSR count). The lowest BCUT2D eigenvalue weighted by Gasteiger charge is -2.27. The Morgan fingerprint density at radius 1 is 1.00 bits per heavy atom. The van der Waals surface area contributed by atoms with Gasteiger partial charge in [0.1, 0.15) is 11.5 Å². The molecule has 1 aliphatic heterocycles. The Morgan fingerprint density at radius 3 is 2.26 bits per heavy atom. The first-order valence-corrected chi connectivity index (χ1v) is 6.80. The maximum atomic E-state index is 12.3. The molecule has 1 saturated carbocycles. The summed E-state index contributed by atoms with van der Waals surface area (Å²) in [5.74, 6) is 0.794. The van der Waals surface area contributed by atoms with Gasteiger partial charge in [0.2, 0.25) is 0 Å². The molecular formula is C13H20N4O2. The Labute approximate surface area is 111 Å². The first-order chi connectivity index (χ1) is 9.02. The molecule has 0 saturated heterocycles. The largest absolute Gasteiger partial charge is 0.349 e. The van der Waals surface area contributed by atoms with Crippen molar-refractivity contribution in [2.75, 3.05) is 23.5 Å². The second kappa shape index (κ2) is 4.15. The van der Waals surface area contributed by atoms with Crippen LogP contribution in [0, 0.1) is 0 Å². The minimum Gasteiger partial charge on any atom is -0.349 e. The van der Waals surface area contributed by atoms with Gasteiger partial charge in [0.15, 0.2) is 0 Å². The second-order valence-corrected chi connectivity index (χ2v) is 5.63.